The molecule has 0 aromatic heterocycles. The van der Waals surface area contributed by atoms with Crippen LogP contribution in [-0.4, -0.2) is 21.9 Å². The fourth-order valence-electron chi connectivity index (χ4n) is 3.63. The van der Waals surface area contributed by atoms with Crippen molar-refractivity contribution in [2.75, 3.05) is 0 Å². The van der Waals surface area contributed by atoms with Crippen molar-refractivity contribution >= 4 is 0 Å². The predicted octanol–water partition coefficient (Wildman–Crippen LogP) is 11.1. The Labute approximate surface area is 258 Å². The predicted molar refractivity (Wildman–Crippen MR) is 188 cm³/mol. The van der Waals surface area contributed by atoms with Crippen molar-refractivity contribution in [1.29, 1.82) is 0 Å². The van der Waals surface area contributed by atoms with E-state index in [2.05, 4.69) is 102 Å². The van der Waals surface area contributed by atoms with Crippen molar-refractivity contribution in [3.63, 3.8) is 0 Å². The molecule has 0 aliphatic heterocycles. The van der Waals surface area contributed by atoms with Gasteiger partial charge < -0.3 is 10.2 Å². The molecular formula is C40H58O2. The van der Waals surface area contributed by atoms with E-state index in [0.717, 1.165) is 30.4 Å². The monoisotopic (exact) mass is 570 g/mol. The molecule has 0 saturated heterocycles. The van der Waals surface area contributed by atoms with Gasteiger partial charge in [-0.15, -0.1) is 0 Å². The van der Waals surface area contributed by atoms with Gasteiger partial charge in [0, 0.05) is 0 Å². The van der Waals surface area contributed by atoms with Gasteiger partial charge in [-0.3, -0.25) is 0 Å². The third-order valence-electron chi connectivity index (χ3n) is 6.48. The van der Waals surface area contributed by atoms with Gasteiger partial charge in [0.05, 0.1) is 5.60 Å². The van der Waals surface area contributed by atoms with Crippen LogP contribution >= 0.6 is 0 Å². The number of aliphatic hydroxyl groups is 2. The van der Waals surface area contributed by atoms with Crippen LogP contribution in [0.2, 0.25) is 0 Å². The first-order valence-corrected chi connectivity index (χ1v) is 15.1. The van der Waals surface area contributed by atoms with Gasteiger partial charge in [0.25, 0.3) is 0 Å². The summed E-state index contributed by atoms with van der Waals surface area (Å²) in [7, 11) is 0. The minimum atomic E-state index is -1.15. The highest BCUT2D eigenvalue weighted by Gasteiger charge is 2.27. The lowest BCUT2D eigenvalue weighted by Crippen LogP contribution is -2.37. The molecule has 0 aromatic carbocycles. The van der Waals surface area contributed by atoms with Crippen LogP contribution in [0.25, 0.3) is 0 Å². The molecule has 0 aromatic rings. The minimum absolute atomic E-state index is 0.513. The number of aliphatic hydroxyl groups excluding tert-OH is 1. The molecule has 230 valence electrons. The van der Waals surface area contributed by atoms with Crippen LogP contribution in [0.5, 0.6) is 0 Å². The van der Waals surface area contributed by atoms with Gasteiger partial charge in [0.2, 0.25) is 0 Å². The molecule has 0 aliphatic rings. The van der Waals surface area contributed by atoms with Crippen LogP contribution in [0.3, 0.4) is 0 Å². The lowest BCUT2D eigenvalue weighted by atomic mass is 9.92. The molecule has 0 rings (SSSR count). The first-order valence-electron chi connectivity index (χ1n) is 15.1. The largest absolute Gasteiger partial charge is 0.387 e. The van der Waals surface area contributed by atoms with Gasteiger partial charge in [0.1, 0.15) is 6.10 Å². The molecule has 0 saturated carbocycles. The van der Waals surface area contributed by atoms with E-state index < -0.39 is 11.7 Å². The van der Waals surface area contributed by atoms with Crippen LogP contribution in [0.4, 0.5) is 0 Å². The molecule has 0 amide bonds. The van der Waals surface area contributed by atoms with Crippen molar-refractivity contribution in [3.05, 3.63) is 142 Å². The topological polar surface area (TPSA) is 40.5 Å². The Morgan fingerprint density at radius 3 is 1.45 bits per heavy atom. The maximum atomic E-state index is 10.5. The first kappa shape index (κ1) is 38.8. The van der Waals surface area contributed by atoms with Crippen molar-refractivity contribution in [2.45, 2.75) is 107 Å². The van der Waals surface area contributed by atoms with E-state index in [1.54, 1.807) is 13.0 Å². The Morgan fingerprint density at radius 2 is 0.976 bits per heavy atom. The lowest BCUT2D eigenvalue weighted by molar-refractivity contribution is -0.0427. The number of hydrogen-bond donors (Lipinski definition) is 2. The SMILES string of the molecule is CC(C)=CCCC(C)=CC=CC(C)=CC=CC(C)=CC=CC=C(C)C=CC=C(C)C=CC(O)C(C)(O)CCC=C(C)C. The van der Waals surface area contributed by atoms with Crippen molar-refractivity contribution in [2.24, 2.45) is 0 Å². The molecular weight excluding hydrogens is 512 g/mol. The van der Waals surface area contributed by atoms with Gasteiger partial charge in [0.15, 0.2) is 0 Å². The Kier molecular flexibility index (Phi) is 20.7. The van der Waals surface area contributed by atoms with Crippen LogP contribution in [0.15, 0.2) is 142 Å². The van der Waals surface area contributed by atoms with Gasteiger partial charge in [-0.05, 0) is 94.9 Å². The lowest BCUT2D eigenvalue weighted by Gasteiger charge is -2.26. The summed E-state index contributed by atoms with van der Waals surface area (Å²) in [5.41, 5.74) is 7.37. The third-order valence-corrected chi connectivity index (χ3v) is 6.48. The van der Waals surface area contributed by atoms with E-state index in [9.17, 15) is 10.2 Å². The second kappa shape index (κ2) is 22.4. The summed E-state index contributed by atoms with van der Waals surface area (Å²) in [6, 6.07) is 0. The highest BCUT2D eigenvalue weighted by Crippen LogP contribution is 2.19. The Morgan fingerprint density at radius 1 is 0.571 bits per heavy atom. The summed E-state index contributed by atoms with van der Waals surface area (Å²) in [5.74, 6) is 0. The van der Waals surface area contributed by atoms with Crippen LogP contribution in [0.1, 0.15) is 94.9 Å². The molecule has 0 spiro atoms. The number of allylic oxidation sites excluding steroid dienone is 23. The Bertz CT molecular complexity index is 1170. The van der Waals surface area contributed by atoms with Crippen molar-refractivity contribution in [3.8, 4) is 0 Å². The second-order valence-electron chi connectivity index (χ2n) is 11.9. The fraction of sp³-hybridized carbons (Fsp3) is 0.400. The Balaban J connectivity index is 4.81. The van der Waals surface area contributed by atoms with Gasteiger partial charge in [-0.2, -0.15) is 0 Å². The zero-order valence-electron chi connectivity index (χ0n) is 28.1. The molecule has 0 heterocycles. The maximum absolute atomic E-state index is 10.5. The van der Waals surface area contributed by atoms with Crippen LogP contribution < -0.4 is 0 Å². The molecule has 2 nitrogen and oxygen atoms in total. The van der Waals surface area contributed by atoms with Crippen LogP contribution in [-0.2, 0) is 0 Å². The number of hydrogen-bond acceptors (Lipinski definition) is 2. The summed E-state index contributed by atoms with van der Waals surface area (Å²) >= 11 is 0. The van der Waals surface area contributed by atoms with Crippen molar-refractivity contribution < 1.29 is 10.2 Å². The normalized spacial score (nSPS) is 16.8. The number of rotatable bonds is 17. The van der Waals surface area contributed by atoms with E-state index in [1.807, 2.05) is 57.2 Å². The molecule has 0 fully saturated rings. The Hall–Kier alpha value is -3.20. The van der Waals surface area contributed by atoms with E-state index in [1.165, 1.54) is 27.9 Å². The average Bonchev–Trinajstić information content (AvgIpc) is 2.89. The zero-order chi connectivity index (χ0) is 32.0. The van der Waals surface area contributed by atoms with Gasteiger partial charge >= 0.3 is 0 Å². The zero-order valence-corrected chi connectivity index (χ0v) is 28.1. The van der Waals surface area contributed by atoms with Gasteiger partial charge in [-0.1, -0.05) is 142 Å². The summed E-state index contributed by atoms with van der Waals surface area (Å²) in [6.07, 6.45) is 37.5. The van der Waals surface area contributed by atoms with Gasteiger partial charge in [-0.25, -0.2) is 0 Å². The second-order valence-corrected chi connectivity index (χ2v) is 11.9. The highest BCUT2D eigenvalue weighted by molar-refractivity contribution is 5.32. The summed E-state index contributed by atoms with van der Waals surface area (Å²) in [5, 5.41) is 20.9. The third kappa shape index (κ3) is 22.5. The van der Waals surface area contributed by atoms with Crippen LogP contribution in [0, 0.1) is 0 Å². The maximum Gasteiger partial charge on any atom is 0.101 e. The minimum Gasteiger partial charge on any atom is -0.387 e. The van der Waals surface area contributed by atoms with E-state index in [-0.39, 0.29) is 0 Å². The molecule has 2 N–H and O–H groups in total. The quantitative estimate of drug-likeness (QED) is 0.135. The molecule has 0 aliphatic carbocycles. The standard InChI is InChI=1S/C40H58O2/c1-32(2)18-13-22-36(7)25-15-27-37(8)26-14-23-34(5)20-11-12-21-35(6)24-16-28-38(9)29-30-39(41)40(10,42)31-17-19-33(3)4/h11-12,14-16,18-21,23-30,39,41-42H,13,17,22,31H2,1-10H3. The molecule has 2 atom stereocenters. The molecule has 0 radical (unpaired) electrons. The molecule has 42 heavy (non-hydrogen) atoms. The first-order chi connectivity index (χ1) is 19.7. The fourth-order valence-corrected chi connectivity index (χ4v) is 3.63. The van der Waals surface area contributed by atoms with E-state index in [0.29, 0.717) is 6.42 Å². The molecule has 2 unspecified atom stereocenters. The van der Waals surface area contributed by atoms with Crippen molar-refractivity contribution in [1.82, 2.24) is 0 Å². The smallest absolute Gasteiger partial charge is 0.101 e. The highest BCUT2D eigenvalue weighted by atomic mass is 16.3. The molecule has 0 bridgehead atoms. The van der Waals surface area contributed by atoms with E-state index in [4.69, 9.17) is 0 Å². The summed E-state index contributed by atoms with van der Waals surface area (Å²) in [4.78, 5) is 0. The average molecular weight is 571 g/mol. The van der Waals surface area contributed by atoms with E-state index >= 15 is 0 Å². The molecule has 2 heteroatoms. The summed E-state index contributed by atoms with van der Waals surface area (Å²) < 4.78 is 0. The summed E-state index contributed by atoms with van der Waals surface area (Å²) in [6.45, 7) is 20.5.